The van der Waals surface area contributed by atoms with Gasteiger partial charge in [0.15, 0.2) is 5.79 Å². The van der Waals surface area contributed by atoms with E-state index in [0.29, 0.717) is 11.4 Å². The number of non-ortho nitro benzene ring substituents is 1. The predicted octanol–water partition coefficient (Wildman–Crippen LogP) is 3.71. The number of carbonyl (C=O) groups excluding carboxylic acids is 3. The summed E-state index contributed by atoms with van der Waals surface area (Å²) in [6, 6.07) is 16.5. The number of nitrogens with zero attached hydrogens (tertiary/aromatic N) is 3. The molecule has 0 unspecified atom stereocenters. The van der Waals surface area contributed by atoms with Gasteiger partial charge in [-0.3, -0.25) is 24.5 Å². The van der Waals surface area contributed by atoms with Gasteiger partial charge in [0.2, 0.25) is 11.2 Å². The number of hydrogen-bond acceptors (Lipinski definition) is 10. The van der Waals surface area contributed by atoms with E-state index in [1.807, 2.05) is 0 Å². The summed E-state index contributed by atoms with van der Waals surface area (Å²) < 4.78 is 23.7. The summed E-state index contributed by atoms with van der Waals surface area (Å²) in [6.45, 7) is 6.69. The number of carbonyl (C=O) groups is 3. The minimum atomic E-state index is -2.58. The lowest BCUT2D eigenvalue weighted by Gasteiger charge is -2.59. The first-order chi connectivity index (χ1) is 21.8. The molecular formula is C33H33N3O10. The van der Waals surface area contributed by atoms with Gasteiger partial charge in [-0.2, -0.15) is 0 Å². The van der Waals surface area contributed by atoms with Gasteiger partial charge in [0, 0.05) is 28.9 Å². The number of hydrogen-bond donors (Lipinski definition) is 1. The number of nitro benzene ring substituents is 1. The van der Waals surface area contributed by atoms with Crippen LogP contribution in [0.15, 0.2) is 72.8 Å². The van der Waals surface area contributed by atoms with Crippen LogP contribution in [0.25, 0.3) is 0 Å². The number of ether oxygens (including phenoxy) is 4. The van der Waals surface area contributed by atoms with Crippen molar-refractivity contribution in [2.24, 2.45) is 0 Å². The maximum absolute atomic E-state index is 14.9. The van der Waals surface area contributed by atoms with Crippen molar-refractivity contribution in [2.75, 3.05) is 23.5 Å². The molecule has 0 spiro atoms. The second-order valence-corrected chi connectivity index (χ2v) is 12.1. The zero-order valence-corrected chi connectivity index (χ0v) is 25.8. The summed E-state index contributed by atoms with van der Waals surface area (Å²) in [4.78, 5) is 56.2. The van der Waals surface area contributed by atoms with Crippen LogP contribution in [0.3, 0.4) is 0 Å². The molecule has 240 valence electrons. The van der Waals surface area contributed by atoms with Crippen molar-refractivity contribution in [1.29, 1.82) is 0 Å². The van der Waals surface area contributed by atoms with Gasteiger partial charge in [-0.1, -0.05) is 18.2 Å². The van der Waals surface area contributed by atoms with Gasteiger partial charge in [0.1, 0.15) is 17.9 Å². The maximum atomic E-state index is 14.9. The van der Waals surface area contributed by atoms with Crippen molar-refractivity contribution in [1.82, 2.24) is 0 Å². The van der Waals surface area contributed by atoms with Gasteiger partial charge in [-0.15, -0.1) is 0 Å². The number of aliphatic hydroxyl groups is 1. The number of benzene rings is 3. The molecule has 13 heteroatoms. The smallest absolute Gasteiger partial charge is 0.274 e. The molecule has 13 nitrogen and oxygen atoms in total. The molecule has 3 aliphatic rings. The normalized spacial score (nSPS) is 26.7. The quantitative estimate of drug-likeness (QED) is 0.168. The fourth-order valence-corrected chi connectivity index (χ4v) is 6.57. The summed E-state index contributed by atoms with van der Waals surface area (Å²) in [5.74, 6) is -3.16. The van der Waals surface area contributed by atoms with E-state index in [9.17, 15) is 29.6 Å². The Morgan fingerprint density at radius 1 is 1.02 bits per heavy atom. The molecule has 2 fully saturated rings. The minimum absolute atomic E-state index is 0.0149. The molecule has 0 saturated carbocycles. The molecular weight excluding hydrogens is 598 g/mol. The topological polar surface area (TPSA) is 158 Å². The molecule has 4 atom stereocenters. The number of rotatable bonds is 8. The third-order valence-corrected chi connectivity index (χ3v) is 8.49. The number of amides is 3. The SMILES string of the molecule is COc1ccc(N2C(=O)[C@@](O)([C@@]3(OC(C)C)C(=O)N(C(=O)c4ccc([N+](=O)[O-])cc4)c4ccccc43)[C@@H]2[C@H]2COC(C)(C)O2)cc1. The first-order valence-corrected chi connectivity index (χ1v) is 14.7. The van der Waals surface area contributed by atoms with Crippen molar-refractivity contribution in [2.45, 2.75) is 62.9 Å². The van der Waals surface area contributed by atoms with Gasteiger partial charge in [-0.05, 0) is 70.2 Å². The van der Waals surface area contributed by atoms with E-state index in [-0.39, 0.29) is 29.1 Å². The zero-order valence-electron chi connectivity index (χ0n) is 25.8. The van der Waals surface area contributed by atoms with Crippen molar-refractivity contribution in [3.63, 3.8) is 0 Å². The van der Waals surface area contributed by atoms with Crippen LogP contribution >= 0.6 is 0 Å². The largest absolute Gasteiger partial charge is 0.497 e. The lowest BCUT2D eigenvalue weighted by molar-refractivity contribution is -0.384. The van der Waals surface area contributed by atoms with E-state index < -0.39 is 57.9 Å². The van der Waals surface area contributed by atoms with Crippen LogP contribution in [0.4, 0.5) is 17.1 Å². The summed E-state index contributed by atoms with van der Waals surface area (Å²) in [5, 5.41) is 24.1. The van der Waals surface area contributed by atoms with Crippen molar-refractivity contribution >= 4 is 34.8 Å². The number of methoxy groups -OCH3 is 1. The van der Waals surface area contributed by atoms with Crippen molar-refractivity contribution in [3.8, 4) is 5.75 Å². The molecule has 3 aliphatic heterocycles. The van der Waals surface area contributed by atoms with Gasteiger partial charge in [0.25, 0.3) is 23.4 Å². The van der Waals surface area contributed by atoms with E-state index in [1.54, 1.807) is 64.1 Å². The summed E-state index contributed by atoms with van der Waals surface area (Å²) in [7, 11) is 1.51. The van der Waals surface area contributed by atoms with E-state index in [2.05, 4.69) is 0 Å². The highest BCUT2D eigenvalue weighted by atomic mass is 16.7. The van der Waals surface area contributed by atoms with Crippen LogP contribution in [-0.4, -0.2) is 71.1 Å². The lowest BCUT2D eigenvalue weighted by atomic mass is 9.64. The number of para-hydroxylation sites is 1. The van der Waals surface area contributed by atoms with Crippen molar-refractivity contribution in [3.05, 3.63) is 94.0 Å². The number of imide groups is 1. The maximum Gasteiger partial charge on any atom is 0.274 e. The highest BCUT2D eigenvalue weighted by Gasteiger charge is 2.80. The summed E-state index contributed by atoms with van der Waals surface area (Å²) >= 11 is 0. The standard InChI is InChI=1S/C33H33N3O10/c1-19(2)45-33(24-8-6-7-9-25(24)35(30(33)39)28(37)20-10-12-22(13-11-20)36(41)42)32(40)27(26-18-44-31(3,4)46-26)34(29(32)38)21-14-16-23(43-5)17-15-21/h6-17,19,26-27,40H,18H2,1-5H3/t26-,27+,32-,33+/m1/s1. The summed E-state index contributed by atoms with van der Waals surface area (Å²) in [5.41, 5.74) is -4.61. The third-order valence-electron chi connectivity index (χ3n) is 8.49. The molecule has 3 amide bonds. The Labute approximate surface area is 264 Å². The highest BCUT2D eigenvalue weighted by molar-refractivity contribution is 6.29. The van der Waals surface area contributed by atoms with E-state index >= 15 is 0 Å². The molecule has 0 aromatic heterocycles. The Morgan fingerprint density at radius 2 is 1.67 bits per heavy atom. The number of β-lactam (4-membered cyclic amide) rings is 1. The second-order valence-electron chi connectivity index (χ2n) is 12.1. The lowest BCUT2D eigenvalue weighted by Crippen LogP contribution is -2.86. The van der Waals surface area contributed by atoms with Crippen LogP contribution in [0.1, 0.15) is 43.6 Å². The molecule has 3 aromatic rings. The molecule has 6 rings (SSSR count). The number of fused-ring (bicyclic) bond motifs is 1. The van der Waals surface area contributed by atoms with Gasteiger partial charge >= 0.3 is 0 Å². The highest BCUT2D eigenvalue weighted by Crippen LogP contribution is 2.58. The Kier molecular flexibility index (Phi) is 7.47. The van der Waals surface area contributed by atoms with Gasteiger partial charge < -0.3 is 29.0 Å². The molecule has 2 saturated heterocycles. The van der Waals surface area contributed by atoms with Crippen LogP contribution in [0.2, 0.25) is 0 Å². The third kappa shape index (κ3) is 4.49. The van der Waals surface area contributed by atoms with E-state index in [1.165, 1.54) is 36.3 Å². The average molecular weight is 632 g/mol. The number of nitro groups is 1. The molecule has 0 bridgehead atoms. The van der Waals surface area contributed by atoms with Crippen molar-refractivity contribution < 1.29 is 43.4 Å². The fourth-order valence-electron chi connectivity index (χ4n) is 6.57. The minimum Gasteiger partial charge on any atom is -0.497 e. The molecule has 0 radical (unpaired) electrons. The molecule has 3 aromatic carbocycles. The summed E-state index contributed by atoms with van der Waals surface area (Å²) in [6.07, 6.45) is -1.62. The van der Waals surface area contributed by atoms with Crippen LogP contribution < -0.4 is 14.5 Å². The molecule has 3 heterocycles. The Morgan fingerprint density at radius 3 is 2.24 bits per heavy atom. The fraction of sp³-hybridized carbons (Fsp3) is 0.364. The molecule has 46 heavy (non-hydrogen) atoms. The van der Waals surface area contributed by atoms with Gasteiger partial charge in [0.05, 0.1) is 30.4 Å². The van der Waals surface area contributed by atoms with Crippen LogP contribution in [0, 0.1) is 10.1 Å². The van der Waals surface area contributed by atoms with E-state index in [4.69, 9.17) is 18.9 Å². The van der Waals surface area contributed by atoms with Crippen LogP contribution in [0.5, 0.6) is 5.75 Å². The Bertz CT molecular complexity index is 1720. The van der Waals surface area contributed by atoms with E-state index in [0.717, 1.165) is 17.0 Å². The molecule has 0 aliphatic carbocycles. The number of anilines is 2. The molecule has 1 N–H and O–H groups in total. The monoisotopic (exact) mass is 631 g/mol. The first-order valence-electron chi connectivity index (χ1n) is 14.7. The zero-order chi connectivity index (χ0) is 33.2. The Hall–Kier alpha value is -4.69. The van der Waals surface area contributed by atoms with Crippen LogP contribution in [-0.2, 0) is 29.4 Å². The Balaban J connectivity index is 1.52. The average Bonchev–Trinajstić information content (AvgIpc) is 3.51. The van der Waals surface area contributed by atoms with Gasteiger partial charge in [-0.25, -0.2) is 4.90 Å². The second kappa shape index (κ2) is 11.0. The first kappa shape index (κ1) is 31.3. The predicted molar refractivity (Wildman–Crippen MR) is 163 cm³/mol.